The van der Waals surface area contributed by atoms with Gasteiger partial charge in [-0.1, -0.05) is 12.1 Å². The fourth-order valence-corrected chi connectivity index (χ4v) is 1.92. The van der Waals surface area contributed by atoms with Gasteiger partial charge in [0.1, 0.15) is 0 Å². The molecule has 1 aromatic rings. The van der Waals surface area contributed by atoms with Crippen LogP contribution in [0.15, 0.2) is 29.3 Å². The van der Waals surface area contributed by atoms with Crippen molar-refractivity contribution >= 4 is 29.9 Å². The Morgan fingerprint density at radius 2 is 1.65 bits per heavy atom. The number of hydrogen-bond donors (Lipinski definition) is 2. The van der Waals surface area contributed by atoms with Crippen molar-refractivity contribution in [1.82, 2.24) is 5.32 Å². The molecular formula is C16H25F3IN3. The Balaban J connectivity index is 0.00000484. The second-order valence-corrected chi connectivity index (χ2v) is 6.29. The van der Waals surface area contributed by atoms with Crippen molar-refractivity contribution in [2.24, 2.45) is 10.7 Å². The third-order valence-electron chi connectivity index (χ3n) is 2.94. The van der Waals surface area contributed by atoms with E-state index in [1.807, 2.05) is 20.8 Å². The predicted octanol–water partition coefficient (Wildman–Crippen LogP) is 4.35. The standard InChI is InChI=1S/C16H24F3N3.HI/c1-15(2,3)22-14(20)21-11-5-4-6-12-7-9-13(10-8-12)16(17,18)19;/h7-10H,4-6,11H2,1-3H3,(H3,20,21,22);1H. The third kappa shape index (κ3) is 9.68. The fraction of sp³-hybridized carbons (Fsp3) is 0.562. The van der Waals surface area contributed by atoms with Gasteiger partial charge < -0.3 is 11.1 Å². The molecule has 0 aliphatic rings. The zero-order chi connectivity index (χ0) is 16.8. The van der Waals surface area contributed by atoms with Crippen LogP contribution in [0.25, 0.3) is 0 Å². The number of halogens is 4. The lowest BCUT2D eigenvalue weighted by atomic mass is 10.1. The Hall–Kier alpha value is -0.990. The number of unbranched alkanes of at least 4 members (excludes halogenated alkanes) is 1. The largest absolute Gasteiger partial charge is 0.416 e. The van der Waals surface area contributed by atoms with E-state index in [4.69, 9.17) is 5.73 Å². The van der Waals surface area contributed by atoms with Gasteiger partial charge in [-0.2, -0.15) is 13.2 Å². The SMILES string of the molecule is CC(C)(C)NC(N)=NCCCCc1ccc(C(F)(F)F)cc1.I. The van der Waals surface area contributed by atoms with Crippen LogP contribution in [-0.4, -0.2) is 18.0 Å². The lowest BCUT2D eigenvalue weighted by molar-refractivity contribution is -0.137. The minimum Gasteiger partial charge on any atom is -0.370 e. The summed E-state index contributed by atoms with van der Waals surface area (Å²) in [6.45, 7) is 6.61. The summed E-state index contributed by atoms with van der Waals surface area (Å²) in [7, 11) is 0. The topological polar surface area (TPSA) is 50.4 Å². The first-order valence-electron chi connectivity index (χ1n) is 7.32. The number of benzene rings is 1. The molecule has 0 aliphatic heterocycles. The van der Waals surface area contributed by atoms with E-state index in [0.29, 0.717) is 12.5 Å². The van der Waals surface area contributed by atoms with E-state index in [-0.39, 0.29) is 29.5 Å². The van der Waals surface area contributed by atoms with E-state index in [2.05, 4.69) is 10.3 Å². The van der Waals surface area contributed by atoms with E-state index < -0.39 is 11.7 Å². The number of guanidine groups is 1. The first-order valence-corrected chi connectivity index (χ1v) is 7.32. The van der Waals surface area contributed by atoms with E-state index in [9.17, 15) is 13.2 Å². The van der Waals surface area contributed by atoms with Gasteiger partial charge >= 0.3 is 6.18 Å². The van der Waals surface area contributed by atoms with E-state index in [0.717, 1.165) is 37.0 Å². The molecule has 0 aromatic heterocycles. The summed E-state index contributed by atoms with van der Waals surface area (Å²) < 4.78 is 37.3. The molecule has 132 valence electrons. The molecule has 3 N–H and O–H groups in total. The number of aliphatic imine (C=N–C) groups is 1. The Kier molecular flexibility index (Phi) is 8.94. The van der Waals surface area contributed by atoms with Crippen LogP contribution in [0.4, 0.5) is 13.2 Å². The van der Waals surface area contributed by atoms with Crippen molar-refractivity contribution < 1.29 is 13.2 Å². The van der Waals surface area contributed by atoms with Crippen LogP contribution in [0.2, 0.25) is 0 Å². The van der Waals surface area contributed by atoms with E-state index >= 15 is 0 Å². The first-order chi connectivity index (χ1) is 10.1. The van der Waals surface area contributed by atoms with Crippen molar-refractivity contribution in [2.45, 2.75) is 51.7 Å². The van der Waals surface area contributed by atoms with Crippen molar-refractivity contribution in [2.75, 3.05) is 6.54 Å². The van der Waals surface area contributed by atoms with Gasteiger partial charge in [-0.05, 0) is 57.7 Å². The quantitative estimate of drug-likeness (QED) is 0.308. The minimum absolute atomic E-state index is 0. The number of nitrogens with zero attached hydrogens (tertiary/aromatic N) is 1. The summed E-state index contributed by atoms with van der Waals surface area (Å²) in [4.78, 5) is 4.22. The first kappa shape index (κ1) is 22.0. The van der Waals surface area contributed by atoms with Gasteiger partial charge in [-0.3, -0.25) is 4.99 Å². The molecule has 1 rings (SSSR count). The maximum Gasteiger partial charge on any atom is 0.416 e. The van der Waals surface area contributed by atoms with Crippen molar-refractivity contribution in [3.63, 3.8) is 0 Å². The molecule has 0 radical (unpaired) electrons. The van der Waals surface area contributed by atoms with Crippen LogP contribution in [0.1, 0.15) is 44.7 Å². The minimum atomic E-state index is -4.27. The van der Waals surface area contributed by atoms with Gasteiger partial charge in [0.2, 0.25) is 0 Å². The summed E-state index contributed by atoms with van der Waals surface area (Å²) >= 11 is 0. The second-order valence-electron chi connectivity index (χ2n) is 6.29. The molecule has 7 heteroatoms. The van der Waals surface area contributed by atoms with Gasteiger partial charge in [-0.15, -0.1) is 24.0 Å². The maximum atomic E-state index is 12.4. The zero-order valence-electron chi connectivity index (χ0n) is 13.7. The summed E-state index contributed by atoms with van der Waals surface area (Å²) in [6.07, 6.45) is -1.84. The van der Waals surface area contributed by atoms with Crippen molar-refractivity contribution in [1.29, 1.82) is 0 Å². The summed E-state index contributed by atoms with van der Waals surface area (Å²) in [6, 6.07) is 5.31. The van der Waals surface area contributed by atoms with Crippen LogP contribution in [0, 0.1) is 0 Å². The molecule has 0 spiro atoms. The van der Waals surface area contributed by atoms with Gasteiger partial charge in [-0.25, -0.2) is 0 Å². The summed E-state index contributed by atoms with van der Waals surface area (Å²) in [5, 5.41) is 3.07. The van der Waals surface area contributed by atoms with Gasteiger partial charge in [0.15, 0.2) is 5.96 Å². The smallest absolute Gasteiger partial charge is 0.370 e. The molecule has 0 aliphatic carbocycles. The number of nitrogens with two attached hydrogens (primary N) is 1. The van der Waals surface area contributed by atoms with Crippen LogP contribution in [0.5, 0.6) is 0 Å². The van der Waals surface area contributed by atoms with Crippen LogP contribution < -0.4 is 11.1 Å². The molecule has 23 heavy (non-hydrogen) atoms. The molecule has 0 saturated heterocycles. The molecule has 0 bridgehead atoms. The molecule has 0 atom stereocenters. The van der Waals surface area contributed by atoms with E-state index in [1.165, 1.54) is 12.1 Å². The van der Waals surface area contributed by atoms with Crippen molar-refractivity contribution in [3.05, 3.63) is 35.4 Å². The molecule has 0 unspecified atom stereocenters. The normalized spacial score (nSPS) is 12.7. The maximum absolute atomic E-state index is 12.4. The molecule has 1 aromatic carbocycles. The lowest BCUT2D eigenvalue weighted by Crippen LogP contribution is -2.45. The van der Waals surface area contributed by atoms with Crippen LogP contribution in [-0.2, 0) is 12.6 Å². The lowest BCUT2D eigenvalue weighted by Gasteiger charge is -2.20. The van der Waals surface area contributed by atoms with Gasteiger partial charge in [0.05, 0.1) is 5.56 Å². The summed E-state index contributed by atoms with van der Waals surface area (Å²) in [5.41, 5.74) is 5.92. The summed E-state index contributed by atoms with van der Waals surface area (Å²) in [5.74, 6) is 0.419. The average molecular weight is 443 g/mol. The third-order valence-corrected chi connectivity index (χ3v) is 2.94. The second kappa shape index (κ2) is 9.34. The number of aryl methyl sites for hydroxylation is 1. The van der Waals surface area contributed by atoms with Gasteiger partial charge in [0, 0.05) is 12.1 Å². The number of nitrogens with one attached hydrogen (secondary N) is 1. The van der Waals surface area contributed by atoms with Crippen molar-refractivity contribution in [3.8, 4) is 0 Å². The van der Waals surface area contributed by atoms with E-state index in [1.54, 1.807) is 0 Å². The monoisotopic (exact) mass is 443 g/mol. The van der Waals surface area contributed by atoms with Gasteiger partial charge in [0.25, 0.3) is 0 Å². The Labute approximate surface area is 153 Å². The Morgan fingerprint density at radius 1 is 1.09 bits per heavy atom. The predicted molar refractivity (Wildman–Crippen MR) is 99.2 cm³/mol. The Morgan fingerprint density at radius 3 is 2.13 bits per heavy atom. The number of alkyl halides is 3. The van der Waals surface area contributed by atoms with Crippen LogP contribution in [0.3, 0.4) is 0 Å². The molecular weight excluding hydrogens is 418 g/mol. The molecule has 0 fully saturated rings. The Bertz CT molecular complexity index is 491. The highest BCUT2D eigenvalue weighted by atomic mass is 127. The molecule has 3 nitrogen and oxygen atoms in total. The fourth-order valence-electron chi connectivity index (χ4n) is 1.92. The highest BCUT2D eigenvalue weighted by molar-refractivity contribution is 14.0. The number of rotatable bonds is 5. The van der Waals surface area contributed by atoms with Crippen LogP contribution >= 0.6 is 24.0 Å². The zero-order valence-corrected chi connectivity index (χ0v) is 16.0. The molecule has 0 heterocycles. The number of hydrogen-bond acceptors (Lipinski definition) is 1. The highest BCUT2D eigenvalue weighted by Gasteiger charge is 2.29. The average Bonchev–Trinajstić information content (AvgIpc) is 2.35. The highest BCUT2D eigenvalue weighted by Crippen LogP contribution is 2.29. The molecule has 0 amide bonds. The molecule has 0 saturated carbocycles.